The SMILES string of the molecule is Cc1c(/C=C(\C#N)S(=O)(=O)c2ccccc2)cc(C(C)C)n1-c1ccccc1C(C)C. The molecular weight excluding hydrogens is 404 g/mol. The van der Waals surface area contributed by atoms with Crippen molar-refractivity contribution in [3.63, 3.8) is 0 Å². The molecule has 0 fully saturated rings. The van der Waals surface area contributed by atoms with Crippen LogP contribution in [0.15, 0.2) is 70.5 Å². The van der Waals surface area contributed by atoms with Crippen LogP contribution in [-0.2, 0) is 9.84 Å². The van der Waals surface area contributed by atoms with Crippen LogP contribution < -0.4 is 0 Å². The van der Waals surface area contributed by atoms with E-state index in [0.29, 0.717) is 5.92 Å². The molecule has 0 bridgehead atoms. The molecule has 0 aliphatic rings. The minimum atomic E-state index is -3.89. The van der Waals surface area contributed by atoms with E-state index in [1.54, 1.807) is 18.2 Å². The Kier molecular flexibility index (Phi) is 6.52. The van der Waals surface area contributed by atoms with Gasteiger partial charge < -0.3 is 4.57 Å². The lowest BCUT2D eigenvalue weighted by Crippen LogP contribution is -2.07. The molecule has 0 spiro atoms. The predicted octanol–water partition coefficient (Wildman–Crippen LogP) is 6.37. The van der Waals surface area contributed by atoms with Gasteiger partial charge in [-0.05, 0) is 60.2 Å². The normalized spacial score (nSPS) is 12.4. The Hall–Kier alpha value is -3.10. The highest BCUT2D eigenvalue weighted by Gasteiger charge is 2.23. The van der Waals surface area contributed by atoms with E-state index in [1.165, 1.54) is 23.8 Å². The number of allylic oxidation sites excluding steroid dienone is 1. The summed E-state index contributed by atoms with van der Waals surface area (Å²) in [4.78, 5) is -0.138. The minimum Gasteiger partial charge on any atom is -0.317 e. The summed E-state index contributed by atoms with van der Waals surface area (Å²) in [5.41, 5.74) is 5.02. The zero-order valence-corrected chi connectivity index (χ0v) is 19.4. The molecule has 5 heteroatoms. The van der Waals surface area contributed by atoms with E-state index in [1.807, 2.05) is 31.2 Å². The van der Waals surface area contributed by atoms with E-state index in [-0.39, 0.29) is 15.7 Å². The van der Waals surface area contributed by atoms with Gasteiger partial charge in [-0.25, -0.2) is 8.42 Å². The molecule has 0 saturated heterocycles. The van der Waals surface area contributed by atoms with Crippen molar-refractivity contribution in [3.05, 3.63) is 88.1 Å². The number of sulfone groups is 1. The van der Waals surface area contributed by atoms with Crippen molar-refractivity contribution in [1.82, 2.24) is 4.57 Å². The van der Waals surface area contributed by atoms with Crippen LogP contribution in [-0.4, -0.2) is 13.0 Å². The predicted molar refractivity (Wildman–Crippen MR) is 126 cm³/mol. The van der Waals surface area contributed by atoms with Crippen LogP contribution in [0.2, 0.25) is 0 Å². The Morgan fingerprint density at radius 3 is 2.16 bits per heavy atom. The summed E-state index contributed by atoms with van der Waals surface area (Å²) in [5.74, 6) is 0.558. The second-order valence-electron chi connectivity index (χ2n) is 8.25. The van der Waals surface area contributed by atoms with E-state index in [9.17, 15) is 13.7 Å². The standard InChI is InChI=1S/C26H28N2O2S/c1-18(2)24-13-9-10-14-25(24)28-20(5)21(16-26(28)19(3)4)15-23(17-27)31(29,30)22-11-7-6-8-12-22/h6-16,18-19H,1-5H3/b23-15+. The van der Waals surface area contributed by atoms with Gasteiger partial charge in [0, 0.05) is 17.1 Å². The number of nitrogens with zero attached hydrogens (tertiary/aromatic N) is 2. The second-order valence-corrected chi connectivity index (χ2v) is 10.2. The summed E-state index contributed by atoms with van der Waals surface area (Å²) in [7, 11) is -3.89. The van der Waals surface area contributed by atoms with Crippen LogP contribution >= 0.6 is 0 Å². The van der Waals surface area contributed by atoms with Crippen molar-refractivity contribution in [1.29, 1.82) is 5.26 Å². The topological polar surface area (TPSA) is 62.9 Å². The fourth-order valence-electron chi connectivity index (χ4n) is 3.76. The number of nitriles is 1. The molecule has 0 aliphatic heterocycles. The molecule has 0 amide bonds. The van der Waals surface area contributed by atoms with E-state index < -0.39 is 9.84 Å². The first-order chi connectivity index (χ1) is 14.7. The van der Waals surface area contributed by atoms with Crippen molar-refractivity contribution in [3.8, 4) is 11.8 Å². The summed E-state index contributed by atoms with van der Waals surface area (Å²) in [6.45, 7) is 10.5. The van der Waals surface area contributed by atoms with E-state index in [0.717, 1.165) is 22.6 Å². The highest BCUT2D eigenvalue weighted by atomic mass is 32.2. The lowest BCUT2D eigenvalue weighted by atomic mass is 10.0. The van der Waals surface area contributed by atoms with Crippen LogP contribution in [0, 0.1) is 18.3 Å². The number of hydrogen-bond donors (Lipinski definition) is 0. The van der Waals surface area contributed by atoms with Crippen molar-refractivity contribution >= 4 is 15.9 Å². The molecule has 3 rings (SSSR count). The molecule has 0 unspecified atom stereocenters. The summed E-state index contributed by atoms with van der Waals surface area (Å²) >= 11 is 0. The van der Waals surface area contributed by atoms with Gasteiger partial charge in [0.1, 0.15) is 11.0 Å². The van der Waals surface area contributed by atoms with Gasteiger partial charge in [0.25, 0.3) is 0 Å². The molecule has 0 N–H and O–H groups in total. The molecule has 1 aromatic heterocycles. The van der Waals surface area contributed by atoms with E-state index in [2.05, 4.69) is 44.4 Å². The molecule has 0 saturated carbocycles. The van der Waals surface area contributed by atoms with Crippen LogP contribution in [0.1, 0.15) is 62.0 Å². The maximum Gasteiger partial charge on any atom is 0.216 e. The lowest BCUT2D eigenvalue weighted by Gasteiger charge is -2.19. The van der Waals surface area contributed by atoms with Crippen molar-refractivity contribution < 1.29 is 8.42 Å². The third-order valence-electron chi connectivity index (χ3n) is 5.45. The highest BCUT2D eigenvalue weighted by Crippen LogP contribution is 2.32. The number of para-hydroxylation sites is 1. The van der Waals surface area contributed by atoms with Gasteiger partial charge in [-0.2, -0.15) is 5.26 Å². The zero-order chi connectivity index (χ0) is 22.8. The zero-order valence-electron chi connectivity index (χ0n) is 18.6. The van der Waals surface area contributed by atoms with Gasteiger partial charge in [0.05, 0.1) is 4.90 Å². The summed E-state index contributed by atoms with van der Waals surface area (Å²) in [6.07, 6.45) is 1.50. The first kappa shape index (κ1) is 22.6. The highest BCUT2D eigenvalue weighted by molar-refractivity contribution is 7.95. The van der Waals surface area contributed by atoms with Gasteiger partial charge in [-0.15, -0.1) is 0 Å². The molecule has 0 aliphatic carbocycles. The largest absolute Gasteiger partial charge is 0.317 e. The summed E-state index contributed by atoms with van der Waals surface area (Å²) < 4.78 is 28.2. The Labute approximate surface area is 185 Å². The van der Waals surface area contributed by atoms with Crippen LogP contribution in [0.4, 0.5) is 0 Å². The van der Waals surface area contributed by atoms with Crippen LogP contribution in [0.5, 0.6) is 0 Å². The van der Waals surface area contributed by atoms with Crippen LogP contribution in [0.3, 0.4) is 0 Å². The molecule has 3 aromatic rings. The maximum absolute atomic E-state index is 13.0. The average molecular weight is 433 g/mol. The monoisotopic (exact) mass is 432 g/mol. The molecule has 0 atom stereocenters. The first-order valence-corrected chi connectivity index (χ1v) is 11.9. The van der Waals surface area contributed by atoms with Gasteiger partial charge in [0.2, 0.25) is 9.84 Å². The molecule has 0 radical (unpaired) electrons. The Morgan fingerprint density at radius 1 is 0.968 bits per heavy atom. The third-order valence-corrected chi connectivity index (χ3v) is 7.13. The Balaban J connectivity index is 2.23. The fraction of sp³-hybridized carbons (Fsp3) is 0.269. The number of rotatable bonds is 6. The fourth-order valence-corrected chi connectivity index (χ4v) is 4.93. The van der Waals surface area contributed by atoms with Gasteiger partial charge in [-0.3, -0.25) is 0 Å². The Bertz CT molecular complexity index is 1260. The minimum absolute atomic E-state index is 0.120. The quantitative estimate of drug-likeness (QED) is 0.425. The smallest absolute Gasteiger partial charge is 0.216 e. The van der Waals surface area contributed by atoms with Crippen molar-refractivity contribution in [2.75, 3.05) is 0 Å². The molecule has 160 valence electrons. The number of hydrogen-bond acceptors (Lipinski definition) is 3. The van der Waals surface area contributed by atoms with E-state index in [4.69, 9.17) is 0 Å². The van der Waals surface area contributed by atoms with Gasteiger partial charge in [-0.1, -0.05) is 64.1 Å². The van der Waals surface area contributed by atoms with Crippen molar-refractivity contribution in [2.45, 2.75) is 51.3 Å². The molecule has 1 heterocycles. The summed E-state index contributed by atoms with van der Waals surface area (Å²) in [5, 5.41) is 9.69. The molecule has 31 heavy (non-hydrogen) atoms. The van der Waals surface area contributed by atoms with Gasteiger partial charge >= 0.3 is 0 Å². The van der Waals surface area contributed by atoms with Crippen molar-refractivity contribution in [2.24, 2.45) is 0 Å². The number of benzene rings is 2. The summed E-state index contributed by atoms with van der Waals surface area (Å²) in [6, 6.07) is 20.3. The van der Waals surface area contributed by atoms with E-state index >= 15 is 0 Å². The van der Waals surface area contributed by atoms with Gasteiger partial charge in [0.15, 0.2) is 0 Å². The lowest BCUT2D eigenvalue weighted by molar-refractivity contribution is 0.603. The molecule has 2 aromatic carbocycles. The maximum atomic E-state index is 13.0. The molecule has 4 nitrogen and oxygen atoms in total. The van der Waals surface area contributed by atoms with Crippen LogP contribution in [0.25, 0.3) is 11.8 Å². The Morgan fingerprint density at radius 2 is 1.58 bits per heavy atom. The molecular formula is C26H28N2O2S. The average Bonchev–Trinajstić information content (AvgIpc) is 3.08. The number of aromatic nitrogens is 1. The second kappa shape index (κ2) is 8.95. The third kappa shape index (κ3) is 4.35. The first-order valence-electron chi connectivity index (χ1n) is 10.4.